The van der Waals surface area contributed by atoms with Crippen molar-refractivity contribution in [1.82, 2.24) is 9.97 Å². The van der Waals surface area contributed by atoms with E-state index in [1.54, 1.807) is 17.7 Å². The molecule has 2 aromatic heterocycles. The van der Waals surface area contributed by atoms with Gasteiger partial charge in [0.1, 0.15) is 29.3 Å². The van der Waals surface area contributed by atoms with Crippen molar-refractivity contribution in [3.63, 3.8) is 0 Å². The maximum atomic E-state index is 5.94. The summed E-state index contributed by atoms with van der Waals surface area (Å²) in [5.74, 6) is 1.60. The Kier molecular flexibility index (Phi) is 7.37. The van der Waals surface area contributed by atoms with Crippen LogP contribution < -0.4 is 10.1 Å². The van der Waals surface area contributed by atoms with Gasteiger partial charge in [-0.05, 0) is 72.5 Å². The van der Waals surface area contributed by atoms with E-state index in [0.29, 0.717) is 6.61 Å². The SMILES string of the molecule is Cc1ccc(-c2csc3ncnc(Nc4ccc(OCc5ccc(Cl)cc5)cc4)c23)cc1C.Cl. The molecule has 0 aliphatic carbocycles. The molecule has 4 nitrogen and oxygen atoms in total. The highest BCUT2D eigenvalue weighted by molar-refractivity contribution is 7.17. The van der Waals surface area contributed by atoms with Gasteiger partial charge in [0, 0.05) is 21.7 Å². The minimum Gasteiger partial charge on any atom is -0.489 e. The molecule has 2 heterocycles. The zero-order chi connectivity index (χ0) is 22.8. The second kappa shape index (κ2) is 10.4. The molecule has 34 heavy (non-hydrogen) atoms. The standard InChI is InChI=1S/C27H22ClN3OS.ClH/c1-17-3-6-20(13-18(17)2)24-15-33-27-25(24)26(29-16-30-27)31-22-9-11-23(12-10-22)32-14-19-4-7-21(28)8-5-19;/h3-13,15-16H,14H2,1-2H3,(H,29,30,31);1H. The molecule has 0 radical (unpaired) electrons. The average Bonchev–Trinajstić information content (AvgIpc) is 3.27. The normalized spacial score (nSPS) is 10.7. The molecule has 0 spiro atoms. The Labute approximate surface area is 214 Å². The van der Waals surface area contributed by atoms with Gasteiger partial charge in [0.25, 0.3) is 0 Å². The number of nitrogens with one attached hydrogen (secondary N) is 1. The lowest BCUT2D eigenvalue weighted by molar-refractivity contribution is 0.306. The maximum absolute atomic E-state index is 5.94. The molecule has 0 amide bonds. The highest BCUT2D eigenvalue weighted by Gasteiger charge is 2.14. The van der Waals surface area contributed by atoms with Crippen LogP contribution in [-0.2, 0) is 6.61 Å². The molecule has 0 aliphatic rings. The van der Waals surface area contributed by atoms with Crippen LogP contribution in [0, 0.1) is 13.8 Å². The molecule has 1 N–H and O–H groups in total. The minimum atomic E-state index is 0. The first-order valence-electron chi connectivity index (χ1n) is 10.6. The molecule has 5 rings (SSSR count). The van der Waals surface area contributed by atoms with Gasteiger partial charge >= 0.3 is 0 Å². The molecule has 0 unspecified atom stereocenters. The summed E-state index contributed by atoms with van der Waals surface area (Å²) in [6.45, 7) is 4.76. The summed E-state index contributed by atoms with van der Waals surface area (Å²) in [6.07, 6.45) is 1.61. The molecule has 0 fully saturated rings. The number of thiophene rings is 1. The zero-order valence-electron chi connectivity index (χ0n) is 18.7. The Morgan fingerprint density at radius 3 is 2.41 bits per heavy atom. The van der Waals surface area contributed by atoms with Crippen molar-refractivity contribution < 1.29 is 4.74 Å². The average molecular weight is 508 g/mol. The molecular weight excluding hydrogens is 485 g/mol. The van der Waals surface area contributed by atoms with Gasteiger partial charge in [-0.3, -0.25) is 0 Å². The van der Waals surface area contributed by atoms with E-state index in [0.717, 1.165) is 43.6 Å². The van der Waals surface area contributed by atoms with Gasteiger partial charge in [-0.1, -0.05) is 41.9 Å². The summed E-state index contributed by atoms with van der Waals surface area (Å²) in [6, 6.07) is 22.1. The number of hydrogen-bond acceptors (Lipinski definition) is 5. The van der Waals surface area contributed by atoms with Gasteiger partial charge in [-0.25, -0.2) is 9.97 Å². The summed E-state index contributed by atoms with van der Waals surface area (Å²) < 4.78 is 5.90. The van der Waals surface area contributed by atoms with Crippen molar-refractivity contribution in [3.05, 3.63) is 100 Å². The number of halogens is 2. The van der Waals surface area contributed by atoms with E-state index in [-0.39, 0.29) is 12.4 Å². The van der Waals surface area contributed by atoms with E-state index in [9.17, 15) is 0 Å². The van der Waals surface area contributed by atoms with E-state index >= 15 is 0 Å². The van der Waals surface area contributed by atoms with E-state index < -0.39 is 0 Å². The Balaban J connectivity index is 0.00000274. The lowest BCUT2D eigenvalue weighted by atomic mass is 10.0. The third kappa shape index (κ3) is 5.17. The Morgan fingerprint density at radius 2 is 1.68 bits per heavy atom. The van der Waals surface area contributed by atoms with Crippen LogP contribution in [0.2, 0.25) is 5.02 Å². The lowest BCUT2D eigenvalue weighted by Gasteiger charge is -2.11. The largest absolute Gasteiger partial charge is 0.489 e. The first kappa shape index (κ1) is 24.0. The van der Waals surface area contributed by atoms with Crippen molar-refractivity contribution in [2.75, 3.05) is 5.32 Å². The van der Waals surface area contributed by atoms with E-state index in [1.807, 2.05) is 48.5 Å². The van der Waals surface area contributed by atoms with Crippen LogP contribution in [0.5, 0.6) is 5.75 Å². The molecule has 0 saturated heterocycles. The number of anilines is 2. The van der Waals surface area contributed by atoms with Crippen LogP contribution in [0.3, 0.4) is 0 Å². The predicted octanol–water partition coefficient (Wildman–Crippen LogP) is 8.37. The Bertz CT molecular complexity index is 1420. The van der Waals surface area contributed by atoms with Crippen LogP contribution in [0.1, 0.15) is 16.7 Å². The fourth-order valence-corrected chi connectivity index (χ4v) is 4.65. The lowest BCUT2D eigenvalue weighted by Crippen LogP contribution is -1.97. The van der Waals surface area contributed by atoms with Crippen LogP contribution in [0.15, 0.2) is 78.4 Å². The van der Waals surface area contributed by atoms with Crippen molar-refractivity contribution in [1.29, 1.82) is 0 Å². The summed E-state index contributed by atoms with van der Waals surface area (Å²) in [7, 11) is 0. The number of aromatic nitrogens is 2. The fourth-order valence-electron chi connectivity index (χ4n) is 3.61. The summed E-state index contributed by atoms with van der Waals surface area (Å²) in [4.78, 5) is 9.99. The quantitative estimate of drug-likeness (QED) is 0.250. The third-order valence-corrected chi connectivity index (χ3v) is 6.76. The maximum Gasteiger partial charge on any atom is 0.143 e. The molecule has 7 heteroatoms. The first-order valence-corrected chi connectivity index (χ1v) is 11.9. The summed E-state index contributed by atoms with van der Waals surface area (Å²) in [5.41, 5.74) is 6.88. The van der Waals surface area contributed by atoms with Gasteiger partial charge in [0.05, 0.1) is 5.39 Å². The number of ether oxygens (including phenoxy) is 1. The number of benzene rings is 3. The van der Waals surface area contributed by atoms with Gasteiger partial charge in [0.15, 0.2) is 0 Å². The zero-order valence-corrected chi connectivity index (χ0v) is 21.1. The van der Waals surface area contributed by atoms with Crippen molar-refractivity contribution in [2.45, 2.75) is 20.5 Å². The van der Waals surface area contributed by atoms with Crippen molar-refractivity contribution in [2.24, 2.45) is 0 Å². The van der Waals surface area contributed by atoms with Crippen molar-refractivity contribution in [3.8, 4) is 16.9 Å². The first-order chi connectivity index (χ1) is 16.1. The Hall–Kier alpha value is -3.12. The smallest absolute Gasteiger partial charge is 0.143 e. The molecule has 0 aliphatic heterocycles. The van der Waals surface area contributed by atoms with Crippen LogP contribution >= 0.6 is 35.3 Å². The van der Waals surface area contributed by atoms with Gasteiger partial charge in [-0.2, -0.15) is 0 Å². The number of hydrogen-bond donors (Lipinski definition) is 1. The van der Waals surface area contributed by atoms with Crippen LogP contribution in [-0.4, -0.2) is 9.97 Å². The molecule has 0 saturated carbocycles. The number of aryl methyl sites for hydroxylation is 2. The third-order valence-electron chi connectivity index (χ3n) is 5.62. The topological polar surface area (TPSA) is 47.0 Å². The number of rotatable bonds is 6. The van der Waals surface area contributed by atoms with Gasteiger partial charge < -0.3 is 10.1 Å². The molecule has 0 atom stereocenters. The number of fused-ring (bicyclic) bond motifs is 1. The van der Waals surface area contributed by atoms with Gasteiger partial charge in [-0.15, -0.1) is 23.7 Å². The second-order valence-corrected chi connectivity index (χ2v) is 9.21. The summed E-state index contributed by atoms with van der Waals surface area (Å²) >= 11 is 7.58. The monoisotopic (exact) mass is 507 g/mol. The van der Waals surface area contributed by atoms with E-state index in [2.05, 4.69) is 52.7 Å². The van der Waals surface area contributed by atoms with Crippen LogP contribution in [0.25, 0.3) is 21.3 Å². The highest BCUT2D eigenvalue weighted by Crippen LogP contribution is 2.38. The molecular formula is C27H23Cl2N3OS. The molecule has 172 valence electrons. The Morgan fingerprint density at radius 1 is 0.912 bits per heavy atom. The van der Waals surface area contributed by atoms with Crippen LogP contribution in [0.4, 0.5) is 11.5 Å². The molecule has 0 bridgehead atoms. The van der Waals surface area contributed by atoms with Crippen molar-refractivity contribution >= 4 is 57.1 Å². The van der Waals surface area contributed by atoms with E-state index in [4.69, 9.17) is 16.3 Å². The second-order valence-electron chi connectivity index (χ2n) is 7.92. The fraction of sp³-hybridized carbons (Fsp3) is 0.111. The highest BCUT2D eigenvalue weighted by atomic mass is 35.5. The minimum absolute atomic E-state index is 0. The number of nitrogens with zero attached hydrogens (tertiary/aromatic N) is 2. The van der Waals surface area contributed by atoms with E-state index in [1.165, 1.54) is 16.7 Å². The predicted molar refractivity (Wildman–Crippen MR) is 145 cm³/mol. The summed E-state index contributed by atoms with van der Waals surface area (Å²) in [5, 5.41) is 7.37. The van der Waals surface area contributed by atoms with Gasteiger partial charge in [0.2, 0.25) is 0 Å². The molecule has 5 aromatic rings. The molecule has 3 aromatic carbocycles.